The van der Waals surface area contributed by atoms with Crippen LogP contribution in [0.15, 0.2) is 53.4 Å². The van der Waals surface area contributed by atoms with E-state index in [1.165, 1.54) is 11.3 Å². The number of thioether (sulfide) groups is 1. The van der Waals surface area contributed by atoms with Crippen molar-refractivity contribution in [3.63, 3.8) is 0 Å². The summed E-state index contributed by atoms with van der Waals surface area (Å²) in [6.07, 6.45) is 2.01. The van der Waals surface area contributed by atoms with Gasteiger partial charge >= 0.3 is 0 Å². The summed E-state index contributed by atoms with van der Waals surface area (Å²) < 4.78 is 0. The number of nitrogens with zero attached hydrogens (tertiary/aromatic N) is 1. The van der Waals surface area contributed by atoms with Crippen molar-refractivity contribution < 1.29 is 4.79 Å². The van der Waals surface area contributed by atoms with Crippen LogP contribution in [0.25, 0.3) is 0 Å². The van der Waals surface area contributed by atoms with Crippen LogP contribution in [0.4, 0.5) is 16.6 Å². The highest BCUT2D eigenvalue weighted by atomic mass is 35.5. The molecule has 0 fully saturated rings. The van der Waals surface area contributed by atoms with Gasteiger partial charge in [-0.3, -0.25) is 4.79 Å². The third-order valence-corrected chi connectivity index (χ3v) is 5.34. The van der Waals surface area contributed by atoms with Gasteiger partial charge in [0, 0.05) is 16.1 Å². The summed E-state index contributed by atoms with van der Waals surface area (Å²) in [5.41, 5.74) is 7.25. The topological polar surface area (TPSA) is 68.0 Å². The predicted octanol–water partition coefficient (Wildman–Crippen LogP) is 5.08. The average Bonchev–Trinajstić information content (AvgIpc) is 2.95. The minimum atomic E-state index is -0.221. The van der Waals surface area contributed by atoms with Crippen molar-refractivity contribution in [1.29, 1.82) is 0 Å². The summed E-state index contributed by atoms with van der Waals surface area (Å²) in [4.78, 5) is 18.4. The maximum atomic E-state index is 12.6. The van der Waals surface area contributed by atoms with Crippen molar-refractivity contribution in [3.8, 4) is 0 Å². The third kappa shape index (κ3) is 3.56. The summed E-state index contributed by atoms with van der Waals surface area (Å²) in [6.45, 7) is 0. The minimum absolute atomic E-state index is 0.202. The molecule has 0 bridgehead atoms. The molecule has 7 heteroatoms. The number of carbonyl (C=O) groups excluding carboxylic acids is 1. The van der Waals surface area contributed by atoms with Gasteiger partial charge in [-0.15, -0.1) is 11.8 Å². The number of nitrogens with one attached hydrogen (secondary N) is 1. The number of hydrogen-bond acceptors (Lipinski definition) is 6. The molecule has 0 spiro atoms. The lowest BCUT2D eigenvalue weighted by Gasteiger charge is -2.03. The first kappa shape index (κ1) is 16.8. The molecular weight excluding hydrogens is 362 g/mol. The van der Waals surface area contributed by atoms with Crippen LogP contribution in [0.1, 0.15) is 15.2 Å². The van der Waals surface area contributed by atoms with Crippen molar-refractivity contribution in [2.75, 3.05) is 17.3 Å². The third-order valence-electron chi connectivity index (χ3n) is 3.30. The highest BCUT2D eigenvalue weighted by molar-refractivity contribution is 7.98. The lowest BCUT2D eigenvalue weighted by atomic mass is 10.1. The van der Waals surface area contributed by atoms with E-state index in [-0.39, 0.29) is 11.6 Å². The van der Waals surface area contributed by atoms with E-state index in [0.29, 0.717) is 20.6 Å². The van der Waals surface area contributed by atoms with Crippen LogP contribution in [-0.2, 0) is 0 Å². The molecule has 0 saturated carbocycles. The monoisotopic (exact) mass is 375 g/mol. The number of thiazole rings is 1. The van der Waals surface area contributed by atoms with Crippen molar-refractivity contribution in [2.24, 2.45) is 0 Å². The number of anilines is 3. The summed E-state index contributed by atoms with van der Waals surface area (Å²) in [5.74, 6) is -0.0186. The van der Waals surface area contributed by atoms with Crippen LogP contribution in [0, 0.1) is 0 Å². The molecule has 1 aromatic heterocycles. The second kappa shape index (κ2) is 7.25. The molecule has 122 valence electrons. The Kier molecular flexibility index (Phi) is 5.08. The maximum Gasteiger partial charge on any atom is 0.208 e. The van der Waals surface area contributed by atoms with E-state index < -0.39 is 0 Å². The fraction of sp³-hybridized carbons (Fsp3) is 0.0588. The Bertz CT molecular complexity index is 895. The van der Waals surface area contributed by atoms with Crippen molar-refractivity contribution in [2.45, 2.75) is 4.90 Å². The van der Waals surface area contributed by atoms with Crippen LogP contribution >= 0.6 is 34.7 Å². The first-order valence-electron chi connectivity index (χ1n) is 7.05. The highest BCUT2D eigenvalue weighted by Crippen LogP contribution is 2.31. The number of rotatable bonds is 5. The second-order valence-electron chi connectivity index (χ2n) is 4.90. The van der Waals surface area contributed by atoms with Gasteiger partial charge in [0.2, 0.25) is 5.78 Å². The summed E-state index contributed by atoms with van der Waals surface area (Å²) in [6, 6.07) is 14.8. The number of ketones is 1. The SMILES string of the molecule is CSc1cccc(Nc2nc(N)c(C(=O)c3ccccc3Cl)s2)c1. The Balaban J connectivity index is 1.87. The highest BCUT2D eigenvalue weighted by Gasteiger charge is 2.20. The Morgan fingerprint density at radius 1 is 1.25 bits per heavy atom. The predicted molar refractivity (Wildman–Crippen MR) is 103 cm³/mol. The Hall–Kier alpha value is -2.02. The first-order chi connectivity index (χ1) is 11.6. The lowest BCUT2D eigenvalue weighted by molar-refractivity contribution is 0.104. The zero-order chi connectivity index (χ0) is 17.1. The Morgan fingerprint density at radius 3 is 2.79 bits per heavy atom. The molecule has 1 heterocycles. The second-order valence-corrected chi connectivity index (χ2v) is 7.19. The summed E-state index contributed by atoms with van der Waals surface area (Å²) in [7, 11) is 0. The van der Waals surface area contributed by atoms with E-state index in [1.54, 1.807) is 36.0 Å². The molecule has 2 aromatic carbocycles. The molecule has 24 heavy (non-hydrogen) atoms. The number of carbonyl (C=O) groups is 1. The largest absolute Gasteiger partial charge is 0.382 e. The van der Waals surface area contributed by atoms with Crippen LogP contribution in [0.3, 0.4) is 0 Å². The van der Waals surface area contributed by atoms with Gasteiger partial charge in [-0.05, 0) is 36.6 Å². The van der Waals surface area contributed by atoms with Gasteiger partial charge in [-0.2, -0.15) is 0 Å². The van der Waals surface area contributed by atoms with Crippen LogP contribution in [-0.4, -0.2) is 17.0 Å². The molecule has 0 amide bonds. The Labute approximate surface area is 153 Å². The van der Waals surface area contributed by atoms with Gasteiger partial charge in [0.15, 0.2) is 5.13 Å². The van der Waals surface area contributed by atoms with Crippen molar-refractivity contribution >= 4 is 57.1 Å². The van der Waals surface area contributed by atoms with E-state index in [0.717, 1.165) is 10.6 Å². The lowest BCUT2D eigenvalue weighted by Crippen LogP contribution is -2.03. The van der Waals surface area contributed by atoms with E-state index in [2.05, 4.69) is 10.3 Å². The zero-order valence-corrected chi connectivity index (χ0v) is 15.1. The smallest absolute Gasteiger partial charge is 0.208 e. The quantitative estimate of drug-likeness (QED) is 0.481. The Morgan fingerprint density at radius 2 is 2.04 bits per heavy atom. The molecule has 0 saturated heterocycles. The molecule has 4 nitrogen and oxygen atoms in total. The normalized spacial score (nSPS) is 10.6. The number of halogens is 1. The van der Waals surface area contributed by atoms with Gasteiger partial charge in [0.25, 0.3) is 0 Å². The number of nitrogen functional groups attached to an aromatic ring is 1. The van der Waals surface area contributed by atoms with E-state index >= 15 is 0 Å². The number of hydrogen-bond donors (Lipinski definition) is 2. The van der Waals surface area contributed by atoms with Crippen LogP contribution in [0.5, 0.6) is 0 Å². The molecule has 3 N–H and O–H groups in total. The molecule has 0 aliphatic carbocycles. The van der Waals surface area contributed by atoms with E-state index in [4.69, 9.17) is 17.3 Å². The van der Waals surface area contributed by atoms with E-state index in [1.807, 2.05) is 30.5 Å². The van der Waals surface area contributed by atoms with Gasteiger partial charge in [-0.25, -0.2) is 4.98 Å². The molecule has 0 aliphatic heterocycles. The molecular formula is C17H14ClN3OS2. The fourth-order valence-corrected chi connectivity index (χ4v) is 3.68. The molecule has 0 atom stereocenters. The first-order valence-corrected chi connectivity index (χ1v) is 9.47. The standard InChI is InChI=1S/C17H14ClN3OS2/c1-23-11-6-4-5-10(9-11)20-17-21-16(19)15(24-17)14(22)12-7-2-3-8-13(12)18/h2-9H,19H2,1H3,(H,20,21). The average molecular weight is 376 g/mol. The van der Waals surface area contributed by atoms with Crippen molar-refractivity contribution in [3.05, 3.63) is 64.0 Å². The van der Waals surface area contributed by atoms with Gasteiger partial charge < -0.3 is 11.1 Å². The number of benzene rings is 2. The van der Waals surface area contributed by atoms with Gasteiger partial charge in [-0.1, -0.05) is 41.1 Å². The van der Waals surface area contributed by atoms with Crippen LogP contribution in [0.2, 0.25) is 5.02 Å². The van der Waals surface area contributed by atoms with Crippen LogP contribution < -0.4 is 11.1 Å². The molecule has 0 unspecified atom stereocenters. The zero-order valence-electron chi connectivity index (χ0n) is 12.7. The summed E-state index contributed by atoms with van der Waals surface area (Å²) >= 11 is 8.97. The van der Waals surface area contributed by atoms with Gasteiger partial charge in [0.05, 0.1) is 5.02 Å². The number of nitrogens with two attached hydrogens (primary N) is 1. The number of aromatic nitrogens is 1. The minimum Gasteiger partial charge on any atom is -0.382 e. The van der Waals surface area contributed by atoms with E-state index in [9.17, 15) is 4.79 Å². The molecule has 0 aliphatic rings. The summed E-state index contributed by atoms with van der Waals surface area (Å²) in [5, 5.41) is 4.16. The molecule has 3 aromatic rings. The maximum absolute atomic E-state index is 12.6. The fourth-order valence-electron chi connectivity index (χ4n) is 2.14. The molecule has 0 radical (unpaired) electrons. The van der Waals surface area contributed by atoms with Gasteiger partial charge in [0.1, 0.15) is 10.7 Å². The molecule has 3 rings (SSSR count). The van der Waals surface area contributed by atoms with Crippen molar-refractivity contribution in [1.82, 2.24) is 4.98 Å².